The highest BCUT2D eigenvalue weighted by molar-refractivity contribution is 5.66. The molecule has 7 rings (SSSR count). The van der Waals surface area contributed by atoms with Gasteiger partial charge in [0.25, 0.3) is 0 Å². The number of hydrogen-bond donors (Lipinski definition) is 2. The summed E-state index contributed by atoms with van der Waals surface area (Å²) in [5.41, 5.74) is 2.47. The second-order valence-corrected chi connectivity index (χ2v) is 9.83. The van der Waals surface area contributed by atoms with E-state index in [-0.39, 0.29) is 23.8 Å². The van der Waals surface area contributed by atoms with Crippen LogP contribution in [0, 0.1) is 17.8 Å². The van der Waals surface area contributed by atoms with Gasteiger partial charge in [0.1, 0.15) is 6.04 Å². The number of aliphatic hydroxyl groups excluding tert-OH is 2. The Morgan fingerprint density at radius 2 is 2.07 bits per heavy atom. The first-order valence-electron chi connectivity index (χ1n) is 10.7. The van der Waals surface area contributed by atoms with Crippen LogP contribution in [0.3, 0.4) is 0 Å². The molecule has 1 saturated carbocycles. The number of benzene rings is 1. The lowest BCUT2D eigenvalue weighted by atomic mass is 9.60. The molecule has 1 aromatic rings. The highest BCUT2D eigenvalue weighted by Crippen LogP contribution is 2.71. The molecular weight excluding hydrogens is 336 g/mol. The Morgan fingerprint density at radius 3 is 2.81 bits per heavy atom. The van der Waals surface area contributed by atoms with Crippen molar-refractivity contribution < 1.29 is 14.7 Å². The minimum atomic E-state index is -0.321. The second kappa shape index (κ2) is 4.97. The summed E-state index contributed by atoms with van der Waals surface area (Å²) in [5.74, 6) is 1.05. The number of anilines is 1. The van der Waals surface area contributed by atoms with Crippen LogP contribution in [-0.4, -0.2) is 58.7 Å². The molecule has 5 aliphatic heterocycles. The molecule has 0 radical (unpaired) electrons. The zero-order valence-electron chi connectivity index (χ0n) is 16.3. The summed E-state index contributed by atoms with van der Waals surface area (Å²) < 4.78 is 0.755. The van der Waals surface area contributed by atoms with Crippen molar-refractivity contribution >= 4 is 5.69 Å². The van der Waals surface area contributed by atoms with Crippen LogP contribution in [0.2, 0.25) is 0 Å². The summed E-state index contributed by atoms with van der Waals surface area (Å²) in [7, 11) is 2.21. The van der Waals surface area contributed by atoms with Crippen LogP contribution in [-0.2, 0) is 5.41 Å². The lowest BCUT2D eigenvalue weighted by Crippen LogP contribution is -2.82. The van der Waals surface area contributed by atoms with Gasteiger partial charge in [-0.1, -0.05) is 31.7 Å². The van der Waals surface area contributed by atoms with Gasteiger partial charge in [0.15, 0.2) is 6.23 Å². The quantitative estimate of drug-likeness (QED) is 0.636. The van der Waals surface area contributed by atoms with Crippen LogP contribution in [0.4, 0.5) is 5.69 Å². The van der Waals surface area contributed by atoms with Crippen molar-refractivity contribution in [1.29, 1.82) is 0 Å². The SMILES string of the molecule is C=CC[N+]12[C@H](O)[C@@H](CC)[C@@H]3C[C@@H]1[C@@H]1N(C)c4ccccc4[C@]14C[C@H]2[C@H]3[C@@H]4O. The Kier molecular flexibility index (Phi) is 3.05. The van der Waals surface area contributed by atoms with Crippen LogP contribution >= 0.6 is 0 Å². The number of piperidine rings is 4. The highest BCUT2D eigenvalue weighted by Gasteiger charge is 2.82. The number of rotatable bonds is 3. The average molecular weight is 368 g/mol. The van der Waals surface area contributed by atoms with Gasteiger partial charge in [-0.15, -0.1) is 0 Å². The molecule has 4 heteroatoms. The Morgan fingerprint density at radius 1 is 1.30 bits per heavy atom. The Bertz CT molecular complexity index is 826. The van der Waals surface area contributed by atoms with Crippen molar-refractivity contribution in [3.63, 3.8) is 0 Å². The Labute approximate surface area is 161 Å². The summed E-state index contributed by atoms with van der Waals surface area (Å²) in [6.07, 6.45) is 4.52. The number of nitrogens with zero attached hydrogens (tertiary/aromatic N) is 2. The van der Waals surface area contributed by atoms with Gasteiger partial charge in [0.2, 0.25) is 0 Å². The van der Waals surface area contributed by atoms with Crippen molar-refractivity contribution in [3.05, 3.63) is 42.5 Å². The van der Waals surface area contributed by atoms with Crippen molar-refractivity contribution in [2.75, 3.05) is 18.5 Å². The van der Waals surface area contributed by atoms with Crippen LogP contribution < -0.4 is 4.90 Å². The van der Waals surface area contributed by atoms with Crippen molar-refractivity contribution in [3.8, 4) is 0 Å². The first kappa shape index (κ1) is 16.6. The minimum absolute atomic E-state index is 0.161. The van der Waals surface area contributed by atoms with Gasteiger partial charge in [-0.05, 0) is 30.0 Å². The van der Waals surface area contributed by atoms with Crippen LogP contribution in [0.15, 0.2) is 36.9 Å². The van der Waals surface area contributed by atoms with Gasteiger partial charge in [-0.25, -0.2) is 0 Å². The molecule has 0 aromatic heterocycles. The lowest BCUT2D eigenvalue weighted by molar-refractivity contribution is -1.03. The minimum Gasteiger partial charge on any atom is -0.392 e. The number of para-hydroxylation sites is 1. The lowest BCUT2D eigenvalue weighted by Gasteiger charge is -2.67. The van der Waals surface area contributed by atoms with E-state index in [9.17, 15) is 10.2 Å². The molecule has 2 N–H and O–H groups in total. The van der Waals surface area contributed by atoms with Crippen LogP contribution in [0.1, 0.15) is 31.7 Å². The third-order valence-electron chi connectivity index (χ3n) is 9.56. The predicted molar refractivity (Wildman–Crippen MR) is 105 cm³/mol. The number of hydrogen-bond acceptors (Lipinski definition) is 3. The fourth-order valence-corrected chi connectivity index (χ4v) is 8.98. The topological polar surface area (TPSA) is 43.7 Å². The van der Waals surface area contributed by atoms with Gasteiger partial charge in [0.05, 0.1) is 30.1 Å². The monoisotopic (exact) mass is 367 g/mol. The Balaban J connectivity index is 1.63. The fourth-order valence-electron chi connectivity index (χ4n) is 8.98. The third-order valence-corrected chi connectivity index (χ3v) is 9.56. The fraction of sp³-hybridized carbons (Fsp3) is 0.652. The van der Waals surface area contributed by atoms with E-state index in [2.05, 4.69) is 49.7 Å². The summed E-state index contributed by atoms with van der Waals surface area (Å²) in [4.78, 5) is 2.44. The van der Waals surface area contributed by atoms with Gasteiger partial charge >= 0.3 is 0 Å². The molecule has 6 aliphatic rings. The van der Waals surface area contributed by atoms with E-state index in [0.717, 1.165) is 30.3 Å². The maximum absolute atomic E-state index is 11.9. The first-order valence-corrected chi connectivity index (χ1v) is 10.7. The Hall–Kier alpha value is -1.36. The zero-order chi connectivity index (χ0) is 18.7. The van der Waals surface area contributed by atoms with E-state index in [0.29, 0.717) is 29.8 Å². The second-order valence-electron chi connectivity index (χ2n) is 9.83. The standard InChI is InChI=1S/C23H31N2O2/c1-4-10-25-17-11-14(13(5-2)22(25)27)19-18(25)12-23(21(19)26)15-8-6-7-9-16(15)24(3)20(17)23/h4,6-9,13-14,17-22,26-27H,1,5,10-12H2,2-3H3/q+1/t13-,14-,17+,18-,19-,20-,21-,22+,23+,25?/m0/s1. The van der Waals surface area contributed by atoms with E-state index in [4.69, 9.17) is 0 Å². The van der Waals surface area contributed by atoms with Crippen LogP contribution in [0.5, 0.6) is 0 Å². The van der Waals surface area contributed by atoms with Gasteiger partial charge in [-0.2, -0.15) is 0 Å². The van der Waals surface area contributed by atoms with E-state index in [1.54, 1.807) is 0 Å². The molecular formula is C23H31N2O2+. The van der Waals surface area contributed by atoms with Crippen molar-refractivity contribution in [2.45, 2.75) is 62.1 Å². The van der Waals surface area contributed by atoms with Crippen molar-refractivity contribution in [2.24, 2.45) is 17.8 Å². The summed E-state index contributed by atoms with van der Waals surface area (Å²) in [6.45, 7) is 7.10. The molecule has 4 saturated heterocycles. The molecule has 5 fully saturated rings. The largest absolute Gasteiger partial charge is 0.392 e. The van der Waals surface area contributed by atoms with Gasteiger partial charge < -0.3 is 15.1 Å². The van der Waals surface area contributed by atoms with Crippen LogP contribution in [0.25, 0.3) is 0 Å². The molecule has 1 spiro atoms. The molecule has 27 heavy (non-hydrogen) atoms. The average Bonchev–Trinajstić information content (AvgIpc) is 3.06. The van der Waals surface area contributed by atoms with E-state index in [1.807, 2.05) is 6.08 Å². The predicted octanol–water partition coefficient (Wildman–Crippen LogP) is 2.26. The molecule has 10 atom stereocenters. The maximum Gasteiger partial charge on any atom is 0.194 e. The summed E-state index contributed by atoms with van der Waals surface area (Å²) >= 11 is 0. The normalized spacial score (nSPS) is 53.6. The number of aliphatic hydroxyl groups is 2. The molecule has 5 bridgehead atoms. The molecule has 0 amide bonds. The molecule has 1 aromatic carbocycles. The van der Waals surface area contributed by atoms with E-state index in [1.165, 1.54) is 11.3 Å². The van der Waals surface area contributed by atoms with Gasteiger partial charge in [-0.3, -0.25) is 4.48 Å². The van der Waals surface area contributed by atoms with Gasteiger partial charge in [0, 0.05) is 37.4 Å². The number of likely N-dealkylation sites (N-methyl/N-ethyl adjacent to an activating group) is 1. The van der Waals surface area contributed by atoms with Crippen molar-refractivity contribution in [1.82, 2.24) is 0 Å². The molecule has 5 heterocycles. The zero-order valence-corrected chi connectivity index (χ0v) is 16.3. The molecule has 4 nitrogen and oxygen atoms in total. The number of fused-ring (bicyclic) bond motifs is 2. The molecule has 144 valence electrons. The summed E-state index contributed by atoms with van der Waals surface area (Å²) in [6, 6.07) is 9.71. The first-order chi connectivity index (χ1) is 13.0. The van der Waals surface area contributed by atoms with E-state index >= 15 is 0 Å². The summed E-state index contributed by atoms with van der Waals surface area (Å²) in [5, 5.41) is 23.5. The number of quaternary nitrogens is 1. The maximum atomic E-state index is 11.9. The van der Waals surface area contributed by atoms with E-state index < -0.39 is 0 Å². The molecule has 1 unspecified atom stereocenters. The third kappa shape index (κ3) is 1.47. The highest BCUT2D eigenvalue weighted by atomic mass is 16.3. The molecule has 1 aliphatic carbocycles. The smallest absolute Gasteiger partial charge is 0.194 e.